The first kappa shape index (κ1) is 14.2. The Morgan fingerprint density at radius 3 is 1.77 bits per heavy atom. The monoisotopic (exact) mass is 186 g/mol. The summed E-state index contributed by atoms with van der Waals surface area (Å²) in [5.41, 5.74) is -0.250. The summed E-state index contributed by atoms with van der Waals surface area (Å²) in [7, 11) is 0. The second-order valence-corrected chi connectivity index (χ2v) is 1.77. The van der Waals surface area contributed by atoms with Crippen LogP contribution in [0.3, 0.4) is 0 Å². The molecule has 0 aliphatic heterocycles. The van der Waals surface area contributed by atoms with Gasteiger partial charge in [-0.2, -0.15) is 0 Å². The van der Waals surface area contributed by atoms with Crippen molar-refractivity contribution >= 4 is 0 Å². The second-order valence-electron chi connectivity index (χ2n) is 1.77. The van der Waals surface area contributed by atoms with Crippen molar-refractivity contribution < 1.29 is 0 Å². The predicted octanol–water partition coefficient (Wildman–Crippen LogP) is 1.42. The number of H-pyrrole nitrogens is 2. The van der Waals surface area contributed by atoms with Crippen LogP contribution < -0.4 is 11.2 Å². The van der Waals surface area contributed by atoms with Crippen LogP contribution in [0.4, 0.5) is 0 Å². The molecule has 0 aromatic carbocycles. The van der Waals surface area contributed by atoms with E-state index in [0.717, 1.165) is 0 Å². The first-order valence-electron chi connectivity index (χ1n) is 4.49. The van der Waals surface area contributed by atoms with Crippen molar-refractivity contribution in [2.75, 3.05) is 0 Å². The van der Waals surface area contributed by atoms with Crippen LogP contribution in [-0.2, 0) is 0 Å². The van der Waals surface area contributed by atoms with Gasteiger partial charge < -0.3 is 4.98 Å². The normalized spacial score (nSPS) is 7.46. The maximum absolute atomic E-state index is 10.4. The van der Waals surface area contributed by atoms with Crippen molar-refractivity contribution in [1.82, 2.24) is 9.97 Å². The van der Waals surface area contributed by atoms with Gasteiger partial charge in [-0.15, -0.1) is 0 Å². The zero-order valence-electron chi connectivity index (χ0n) is 8.89. The summed E-state index contributed by atoms with van der Waals surface area (Å²) in [5, 5.41) is 0. The van der Waals surface area contributed by atoms with Crippen molar-refractivity contribution in [2.45, 2.75) is 34.6 Å². The van der Waals surface area contributed by atoms with Crippen molar-refractivity contribution in [3.05, 3.63) is 32.6 Å². The molecule has 0 amide bonds. The van der Waals surface area contributed by atoms with E-state index in [9.17, 15) is 9.59 Å². The number of aromatic nitrogens is 2. The van der Waals surface area contributed by atoms with E-state index in [1.807, 2.05) is 32.7 Å². The summed E-state index contributed by atoms with van der Waals surface area (Å²) >= 11 is 0. The SMILES string of the molecule is CC.CC.Cc1cc(=O)[nH]c(=O)[nH]1. The Morgan fingerprint density at radius 2 is 1.46 bits per heavy atom. The summed E-state index contributed by atoms with van der Waals surface area (Å²) in [6, 6.07) is 1.32. The number of hydrogen-bond acceptors (Lipinski definition) is 2. The molecule has 0 atom stereocenters. The van der Waals surface area contributed by atoms with Gasteiger partial charge in [-0.05, 0) is 6.92 Å². The molecule has 0 unspecified atom stereocenters. The fourth-order valence-electron chi connectivity index (χ4n) is 0.591. The van der Waals surface area contributed by atoms with Gasteiger partial charge in [-0.3, -0.25) is 9.78 Å². The minimum Gasteiger partial charge on any atom is -0.312 e. The smallest absolute Gasteiger partial charge is 0.312 e. The van der Waals surface area contributed by atoms with Crippen LogP contribution in [0.15, 0.2) is 15.7 Å². The van der Waals surface area contributed by atoms with E-state index in [1.165, 1.54) is 6.07 Å². The van der Waals surface area contributed by atoms with Gasteiger partial charge in [0.25, 0.3) is 5.56 Å². The summed E-state index contributed by atoms with van der Waals surface area (Å²) < 4.78 is 0. The van der Waals surface area contributed by atoms with Crippen LogP contribution in [0.2, 0.25) is 0 Å². The van der Waals surface area contributed by atoms with E-state index in [-0.39, 0.29) is 5.56 Å². The van der Waals surface area contributed by atoms with Gasteiger partial charge in [-0.1, -0.05) is 27.7 Å². The molecule has 1 aromatic rings. The minimum absolute atomic E-state index is 0.365. The minimum atomic E-state index is -0.458. The molecule has 0 spiro atoms. The zero-order valence-corrected chi connectivity index (χ0v) is 8.89. The molecule has 1 rings (SSSR count). The Kier molecular flexibility index (Phi) is 9.60. The predicted molar refractivity (Wildman–Crippen MR) is 55.1 cm³/mol. The van der Waals surface area contributed by atoms with Crippen molar-refractivity contribution in [3.63, 3.8) is 0 Å². The lowest BCUT2D eigenvalue weighted by Crippen LogP contribution is -2.21. The maximum atomic E-state index is 10.4. The lowest BCUT2D eigenvalue weighted by Gasteiger charge is -1.85. The number of nitrogens with one attached hydrogen (secondary N) is 2. The summed E-state index contributed by atoms with van der Waals surface area (Å²) in [5.74, 6) is 0. The molecule has 0 aliphatic carbocycles. The Hall–Kier alpha value is -1.32. The molecule has 0 aliphatic rings. The first-order chi connectivity index (χ1) is 6.18. The lowest BCUT2D eigenvalue weighted by atomic mass is 10.5. The molecular formula is C9H18N2O2. The lowest BCUT2D eigenvalue weighted by molar-refractivity contribution is 0.994. The van der Waals surface area contributed by atoms with Crippen molar-refractivity contribution in [1.29, 1.82) is 0 Å². The summed E-state index contributed by atoms with van der Waals surface area (Å²) in [6.07, 6.45) is 0. The quantitative estimate of drug-likeness (QED) is 0.643. The third-order valence-corrected chi connectivity index (χ3v) is 0.895. The summed E-state index contributed by atoms with van der Waals surface area (Å²) in [4.78, 5) is 25.3. The van der Waals surface area contributed by atoms with E-state index in [2.05, 4.69) is 4.98 Å². The molecular weight excluding hydrogens is 168 g/mol. The molecule has 4 nitrogen and oxygen atoms in total. The zero-order chi connectivity index (χ0) is 10.9. The Morgan fingerprint density at radius 1 is 1.00 bits per heavy atom. The van der Waals surface area contributed by atoms with Crippen LogP contribution in [0.25, 0.3) is 0 Å². The molecule has 0 saturated carbocycles. The fraction of sp³-hybridized carbons (Fsp3) is 0.556. The first-order valence-corrected chi connectivity index (χ1v) is 4.49. The van der Waals surface area contributed by atoms with Crippen LogP contribution in [-0.4, -0.2) is 9.97 Å². The largest absolute Gasteiger partial charge is 0.325 e. The average molecular weight is 186 g/mol. The van der Waals surface area contributed by atoms with Gasteiger partial charge in [0.15, 0.2) is 0 Å². The van der Waals surface area contributed by atoms with E-state index in [1.54, 1.807) is 6.92 Å². The van der Waals surface area contributed by atoms with Gasteiger partial charge in [0.05, 0.1) is 0 Å². The summed E-state index contributed by atoms with van der Waals surface area (Å²) in [6.45, 7) is 9.65. The number of aryl methyl sites for hydroxylation is 1. The van der Waals surface area contributed by atoms with Gasteiger partial charge in [0, 0.05) is 11.8 Å². The third kappa shape index (κ3) is 7.05. The van der Waals surface area contributed by atoms with Gasteiger partial charge in [-0.25, -0.2) is 4.79 Å². The second kappa shape index (κ2) is 8.77. The molecule has 1 aromatic heterocycles. The molecule has 76 valence electrons. The van der Waals surface area contributed by atoms with E-state index in [4.69, 9.17) is 0 Å². The van der Waals surface area contributed by atoms with Crippen molar-refractivity contribution in [3.8, 4) is 0 Å². The molecule has 2 N–H and O–H groups in total. The van der Waals surface area contributed by atoms with Crippen molar-refractivity contribution in [2.24, 2.45) is 0 Å². The molecule has 4 heteroatoms. The molecule has 0 bridgehead atoms. The standard InChI is InChI=1S/C5H6N2O2.2C2H6/c1-3-2-4(8)7-5(9)6-3;2*1-2/h2H,1H3,(H2,6,7,8,9);2*1-2H3. The highest BCUT2D eigenvalue weighted by atomic mass is 16.2. The van der Waals surface area contributed by atoms with E-state index in [0.29, 0.717) is 5.69 Å². The van der Waals surface area contributed by atoms with Crippen LogP contribution >= 0.6 is 0 Å². The molecule has 0 radical (unpaired) electrons. The maximum Gasteiger partial charge on any atom is 0.325 e. The number of aromatic amines is 2. The Balaban J connectivity index is 0. The number of hydrogen-bond donors (Lipinski definition) is 2. The van der Waals surface area contributed by atoms with Crippen LogP contribution in [0, 0.1) is 6.92 Å². The topological polar surface area (TPSA) is 65.7 Å². The van der Waals surface area contributed by atoms with Crippen LogP contribution in [0.5, 0.6) is 0 Å². The van der Waals surface area contributed by atoms with Gasteiger partial charge in [0.2, 0.25) is 0 Å². The van der Waals surface area contributed by atoms with Gasteiger partial charge in [0.1, 0.15) is 0 Å². The third-order valence-electron chi connectivity index (χ3n) is 0.895. The van der Waals surface area contributed by atoms with Crippen LogP contribution in [0.1, 0.15) is 33.4 Å². The Bertz CT molecular complexity index is 284. The highest BCUT2D eigenvalue weighted by Gasteiger charge is 1.86. The average Bonchev–Trinajstić information content (AvgIpc) is 2.09. The Labute approximate surface area is 78.0 Å². The van der Waals surface area contributed by atoms with Gasteiger partial charge >= 0.3 is 5.69 Å². The molecule has 13 heavy (non-hydrogen) atoms. The highest BCUT2D eigenvalue weighted by Crippen LogP contribution is 1.73. The van der Waals surface area contributed by atoms with E-state index >= 15 is 0 Å². The fourth-order valence-corrected chi connectivity index (χ4v) is 0.591. The molecule has 0 saturated heterocycles. The highest BCUT2D eigenvalue weighted by molar-refractivity contribution is 4.93. The number of rotatable bonds is 0. The molecule has 1 heterocycles. The molecule has 0 fully saturated rings. The van der Waals surface area contributed by atoms with E-state index < -0.39 is 5.69 Å².